The predicted octanol–water partition coefficient (Wildman–Crippen LogP) is 4.79. The molecule has 0 aromatic heterocycles. The lowest BCUT2D eigenvalue weighted by molar-refractivity contribution is -0.127. The Morgan fingerprint density at radius 1 is 1.08 bits per heavy atom. The summed E-state index contributed by atoms with van der Waals surface area (Å²) in [6.07, 6.45) is -1.02. The molecule has 0 bridgehead atoms. The number of carbonyl (C=O) groups excluding carboxylic acids is 1. The fourth-order valence-corrected chi connectivity index (χ4v) is 5.40. The molecule has 36 heavy (non-hydrogen) atoms. The SMILES string of the molecule is CC(C)(C)c1ccc2c(c1)N(S(=O)(=O)c1ccccc1)C[C@@H](C(=O)NCCOc1ccc(Cl)cc1)O2. The number of benzene rings is 3. The van der Waals surface area contributed by atoms with Gasteiger partial charge in [-0.3, -0.25) is 9.10 Å². The highest BCUT2D eigenvalue weighted by Crippen LogP contribution is 2.40. The molecule has 9 heteroatoms. The highest BCUT2D eigenvalue weighted by molar-refractivity contribution is 7.92. The van der Waals surface area contributed by atoms with E-state index in [4.69, 9.17) is 21.1 Å². The van der Waals surface area contributed by atoms with E-state index in [0.29, 0.717) is 22.2 Å². The largest absolute Gasteiger partial charge is 0.492 e. The van der Waals surface area contributed by atoms with Crippen molar-refractivity contribution in [3.8, 4) is 11.5 Å². The van der Waals surface area contributed by atoms with Gasteiger partial charge in [-0.05, 0) is 59.5 Å². The maximum Gasteiger partial charge on any atom is 0.264 e. The van der Waals surface area contributed by atoms with Crippen molar-refractivity contribution >= 4 is 33.2 Å². The van der Waals surface area contributed by atoms with Crippen LogP contribution in [0.3, 0.4) is 0 Å². The summed E-state index contributed by atoms with van der Waals surface area (Å²) in [5, 5.41) is 3.38. The van der Waals surface area contributed by atoms with E-state index in [1.807, 2.05) is 12.1 Å². The molecule has 0 unspecified atom stereocenters. The number of hydrogen-bond acceptors (Lipinski definition) is 5. The van der Waals surface area contributed by atoms with E-state index >= 15 is 0 Å². The molecule has 0 saturated heterocycles. The highest BCUT2D eigenvalue weighted by Gasteiger charge is 2.38. The van der Waals surface area contributed by atoms with Gasteiger partial charge in [-0.2, -0.15) is 0 Å². The number of nitrogens with one attached hydrogen (secondary N) is 1. The van der Waals surface area contributed by atoms with Crippen LogP contribution in [0, 0.1) is 0 Å². The molecule has 0 radical (unpaired) electrons. The minimum Gasteiger partial charge on any atom is -0.492 e. The van der Waals surface area contributed by atoms with Crippen LogP contribution >= 0.6 is 11.6 Å². The first-order chi connectivity index (χ1) is 17.1. The molecular weight excluding hydrogens is 500 g/mol. The smallest absolute Gasteiger partial charge is 0.264 e. The lowest BCUT2D eigenvalue weighted by Gasteiger charge is -2.36. The Morgan fingerprint density at radius 2 is 1.78 bits per heavy atom. The van der Waals surface area contributed by atoms with Crippen LogP contribution in [0.1, 0.15) is 26.3 Å². The molecule has 0 fully saturated rings. The summed E-state index contributed by atoms with van der Waals surface area (Å²) in [6.45, 7) is 6.46. The van der Waals surface area contributed by atoms with Crippen LogP contribution in [0.25, 0.3) is 0 Å². The van der Waals surface area contributed by atoms with Gasteiger partial charge in [0.05, 0.1) is 23.7 Å². The van der Waals surface area contributed by atoms with Gasteiger partial charge < -0.3 is 14.8 Å². The standard InChI is InChI=1S/C27H29ClN2O5S/c1-27(2,3)19-9-14-24-23(17-19)30(36(32,33)22-7-5-4-6-8-22)18-25(35-24)26(31)29-15-16-34-21-12-10-20(28)11-13-21/h4-14,17,25H,15-16,18H2,1-3H3,(H,29,31)/t25-/m0/s1. The first-order valence-corrected chi connectivity index (χ1v) is 13.4. The zero-order valence-electron chi connectivity index (χ0n) is 20.4. The van der Waals surface area contributed by atoms with Crippen LogP contribution in [0.15, 0.2) is 77.7 Å². The number of hydrogen-bond donors (Lipinski definition) is 1. The van der Waals surface area contributed by atoms with E-state index in [9.17, 15) is 13.2 Å². The Labute approximate surface area is 217 Å². The van der Waals surface area contributed by atoms with Gasteiger partial charge in [0.2, 0.25) is 0 Å². The van der Waals surface area contributed by atoms with Crippen molar-refractivity contribution in [3.63, 3.8) is 0 Å². The van der Waals surface area contributed by atoms with Crippen molar-refractivity contribution in [3.05, 3.63) is 83.4 Å². The quantitative estimate of drug-likeness (QED) is 0.446. The maximum atomic E-state index is 13.6. The molecule has 1 heterocycles. The lowest BCUT2D eigenvalue weighted by atomic mass is 9.86. The van der Waals surface area contributed by atoms with Gasteiger partial charge in [-0.25, -0.2) is 8.42 Å². The molecule has 1 N–H and O–H groups in total. The molecule has 190 valence electrons. The first kappa shape index (κ1) is 25.9. The third-order valence-corrected chi connectivity index (χ3v) is 7.85. The van der Waals surface area contributed by atoms with E-state index in [2.05, 4.69) is 26.1 Å². The predicted molar refractivity (Wildman–Crippen MR) is 140 cm³/mol. The number of ether oxygens (including phenoxy) is 2. The Balaban J connectivity index is 1.54. The molecule has 7 nitrogen and oxygen atoms in total. The van der Waals surface area contributed by atoms with Gasteiger partial charge in [0.1, 0.15) is 18.1 Å². The van der Waals surface area contributed by atoms with Gasteiger partial charge in [-0.1, -0.05) is 56.6 Å². The number of fused-ring (bicyclic) bond motifs is 1. The number of halogens is 1. The number of rotatable bonds is 7. The summed E-state index contributed by atoms with van der Waals surface area (Å²) in [7, 11) is -3.93. The van der Waals surface area contributed by atoms with Crippen LogP contribution in [0.2, 0.25) is 5.02 Å². The summed E-state index contributed by atoms with van der Waals surface area (Å²) in [5.41, 5.74) is 1.18. The van der Waals surface area contributed by atoms with Crippen LogP contribution < -0.4 is 19.1 Å². The van der Waals surface area contributed by atoms with Crippen LogP contribution in [0.4, 0.5) is 5.69 Å². The second-order valence-corrected chi connectivity index (χ2v) is 11.8. The molecule has 0 spiro atoms. The number of sulfonamides is 1. The van der Waals surface area contributed by atoms with Crippen molar-refractivity contribution in [1.82, 2.24) is 5.32 Å². The summed E-state index contributed by atoms with van der Waals surface area (Å²) in [6, 6.07) is 20.5. The number of nitrogens with zero attached hydrogens (tertiary/aromatic N) is 1. The third kappa shape index (κ3) is 5.77. The summed E-state index contributed by atoms with van der Waals surface area (Å²) >= 11 is 5.88. The Hall–Kier alpha value is -3.23. The van der Waals surface area contributed by atoms with Gasteiger partial charge in [0.15, 0.2) is 6.10 Å². The van der Waals surface area contributed by atoms with E-state index in [-0.39, 0.29) is 30.0 Å². The van der Waals surface area contributed by atoms with E-state index in [1.54, 1.807) is 60.7 Å². The minimum atomic E-state index is -3.93. The fraction of sp³-hybridized carbons (Fsp3) is 0.296. The minimum absolute atomic E-state index is 0.148. The lowest BCUT2D eigenvalue weighted by Crippen LogP contribution is -2.51. The normalized spacial score (nSPS) is 15.6. The summed E-state index contributed by atoms with van der Waals surface area (Å²) in [4.78, 5) is 13.1. The Morgan fingerprint density at radius 3 is 2.44 bits per heavy atom. The van der Waals surface area contributed by atoms with E-state index in [0.717, 1.165) is 5.56 Å². The number of carbonyl (C=O) groups is 1. The molecule has 1 aliphatic rings. The van der Waals surface area contributed by atoms with Crippen LogP contribution in [-0.4, -0.2) is 40.1 Å². The third-order valence-electron chi connectivity index (χ3n) is 5.80. The Kier molecular flexibility index (Phi) is 7.47. The molecule has 0 aliphatic carbocycles. The summed E-state index contributed by atoms with van der Waals surface area (Å²) < 4.78 is 40.1. The maximum absolute atomic E-state index is 13.6. The molecule has 3 aromatic rings. The Bertz CT molecular complexity index is 1320. The van der Waals surface area contributed by atoms with Crippen LogP contribution in [-0.2, 0) is 20.2 Å². The van der Waals surface area contributed by atoms with Crippen molar-refractivity contribution in [2.75, 3.05) is 24.0 Å². The second kappa shape index (κ2) is 10.4. The van der Waals surface area contributed by atoms with Crippen molar-refractivity contribution < 1.29 is 22.7 Å². The van der Waals surface area contributed by atoms with Gasteiger partial charge >= 0.3 is 0 Å². The molecule has 1 atom stereocenters. The van der Waals surface area contributed by atoms with Crippen molar-refractivity contribution in [2.45, 2.75) is 37.2 Å². The van der Waals surface area contributed by atoms with Gasteiger partial charge in [0, 0.05) is 5.02 Å². The van der Waals surface area contributed by atoms with Crippen molar-refractivity contribution in [1.29, 1.82) is 0 Å². The number of amides is 1. The topological polar surface area (TPSA) is 84.9 Å². The first-order valence-electron chi connectivity index (χ1n) is 11.6. The molecule has 0 saturated carbocycles. The van der Waals surface area contributed by atoms with Gasteiger partial charge in [0.25, 0.3) is 15.9 Å². The number of anilines is 1. The highest BCUT2D eigenvalue weighted by atomic mass is 35.5. The summed E-state index contributed by atoms with van der Waals surface area (Å²) in [5.74, 6) is 0.547. The van der Waals surface area contributed by atoms with Crippen molar-refractivity contribution in [2.24, 2.45) is 0 Å². The average molecular weight is 529 g/mol. The molecule has 1 amide bonds. The zero-order valence-corrected chi connectivity index (χ0v) is 22.0. The average Bonchev–Trinajstić information content (AvgIpc) is 2.86. The molecule has 1 aliphatic heterocycles. The van der Waals surface area contributed by atoms with Crippen LogP contribution in [0.5, 0.6) is 11.5 Å². The van der Waals surface area contributed by atoms with E-state index < -0.39 is 22.0 Å². The molecule has 3 aromatic carbocycles. The fourth-order valence-electron chi connectivity index (χ4n) is 3.79. The monoisotopic (exact) mass is 528 g/mol. The second-order valence-electron chi connectivity index (χ2n) is 9.48. The van der Waals surface area contributed by atoms with Gasteiger partial charge in [-0.15, -0.1) is 0 Å². The van der Waals surface area contributed by atoms with E-state index in [1.165, 1.54) is 4.31 Å². The zero-order chi connectivity index (χ0) is 25.9. The molecular formula is C27H29ClN2O5S. The molecule has 4 rings (SSSR count).